The fraction of sp³-hybridized carbons (Fsp3) is 0.333. The molecule has 1 unspecified atom stereocenters. The molecule has 0 fully saturated rings. The molecule has 1 atom stereocenters. The van der Waals surface area contributed by atoms with E-state index in [2.05, 4.69) is 52.7 Å². The quantitative estimate of drug-likeness (QED) is 0.844. The zero-order valence-corrected chi connectivity index (χ0v) is 10.8. The third-order valence-electron chi connectivity index (χ3n) is 2.97. The number of nitrogens with two attached hydrogens (primary N) is 1. The van der Waals surface area contributed by atoms with Gasteiger partial charge in [-0.2, -0.15) is 0 Å². The number of halogens is 1. The van der Waals surface area contributed by atoms with E-state index in [-0.39, 0.29) is 6.04 Å². The van der Waals surface area contributed by atoms with Crippen molar-refractivity contribution in [2.45, 2.75) is 19.9 Å². The fourth-order valence-corrected chi connectivity index (χ4v) is 2.66. The lowest BCUT2D eigenvalue weighted by Crippen LogP contribution is -2.05. The first-order valence-electron chi connectivity index (χ1n) is 5.03. The van der Waals surface area contributed by atoms with Gasteiger partial charge in [0.25, 0.3) is 0 Å². The van der Waals surface area contributed by atoms with Gasteiger partial charge in [-0.15, -0.1) is 0 Å². The Labute approximate surface area is 98.2 Å². The Morgan fingerprint density at radius 2 is 2.07 bits per heavy atom. The molecular formula is C12H15BrN2. The van der Waals surface area contributed by atoms with Crippen molar-refractivity contribution in [3.05, 3.63) is 33.9 Å². The molecule has 0 radical (unpaired) electrons. The van der Waals surface area contributed by atoms with E-state index in [0.717, 1.165) is 4.47 Å². The van der Waals surface area contributed by atoms with Crippen molar-refractivity contribution in [3.8, 4) is 0 Å². The first-order chi connectivity index (χ1) is 7.04. The van der Waals surface area contributed by atoms with Crippen molar-refractivity contribution < 1.29 is 0 Å². The van der Waals surface area contributed by atoms with Crippen molar-refractivity contribution in [1.29, 1.82) is 0 Å². The topological polar surface area (TPSA) is 30.9 Å². The lowest BCUT2D eigenvalue weighted by atomic mass is 10.0. The van der Waals surface area contributed by atoms with Gasteiger partial charge >= 0.3 is 0 Å². The monoisotopic (exact) mass is 266 g/mol. The molecule has 0 amide bonds. The smallest absolute Gasteiger partial charge is 0.0495 e. The number of benzene rings is 1. The van der Waals surface area contributed by atoms with Crippen LogP contribution in [0.15, 0.2) is 22.7 Å². The van der Waals surface area contributed by atoms with Gasteiger partial charge < -0.3 is 10.3 Å². The van der Waals surface area contributed by atoms with Crippen LogP contribution in [0.3, 0.4) is 0 Å². The fourth-order valence-electron chi connectivity index (χ4n) is 1.96. The van der Waals surface area contributed by atoms with Gasteiger partial charge in [0, 0.05) is 34.2 Å². The summed E-state index contributed by atoms with van der Waals surface area (Å²) in [4.78, 5) is 0. The van der Waals surface area contributed by atoms with Gasteiger partial charge in [0.1, 0.15) is 0 Å². The van der Waals surface area contributed by atoms with E-state index in [4.69, 9.17) is 5.73 Å². The van der Waals surface area contributed by atoms with E-state index >= 15 is 0 Å². The Kier molecular flexibility index (Phi) is 2.61. The molecule has 0 bridgehead atoms. The van der Waals surface area contributed by atoms with Gasteiger partial charge in [0.2, 0.25) is 0 Å². The molecule has 1 aromatic carbocycles. The third-order valence-corrected chi connectivity index (χ3v) is 3.94. The Morgan fingerprint density at radius 3 is 2.67 bits per heavy atom. The molecule has 0 aliphatic heterocycles. The second kappa shape index (κ2) is 3.65. The number of aryl methyl sites for hydroxylation is 1. The minimum Gasteiger partial charge on any atom is -0.347 e. The minimum absolute atomic E-state index is 0.0619. The van der Waals surface area contributed by atoms with Crippen LogP contribution in [0.4, 0.5) is 0 Å². The summed E-state index contributed by atoms with van der Waals surface area (Å²) in [5.74, 6) is 0. The summed E-state index contributed by atoms with van der Waals surface area (Å²) in [6.07, 6.45) is 0. The number of hydrogen-bond acceptors (Lipinski definition) is 1. The molecule has 2 aromatic rings. The molecule has 2 N–H and O–H groups in total. The average Bonchev–Trinajstić information content (AvgIpc) is 2.44. The molecule has 1 aromatic heterocycles. The second-order valence-corrected chi connectivity index (χ2v) is 4.78. The molecule has 2 nitrogen and oxygen atoms in total. The first-order valence-corrected chi connectivity index (χ1v) is 5.82. The summed E-state index contributed by atoms with van der Waals surface area (Å²) >= 11 is 3.64. The van der Waals surface area contributed by atoms with Crippen LogP contribution in [0.25, 0.3) is 10.9 Å². The van der Waals surface area contributed by atoms with Gasteiger partial charge in [0.15, 0.2) is 0 Å². The van der Waals surface area contributed by atoms with Gasteiger partial charge in [-0.1, -0.05) is 12.1 Å². The van der Waals surface area contributed by atoms with Gasteiger partial charge in [0.05, 0.1) is 0 Å². The number of hydrogen-bond donors (Lipinski definition) is 1. The molecule has 0 aliphatic carbocycles. The lowest BCUT2D eigenvalue weighted by molar-refractivity contribution is 0.826. The van der Waals surface area contributed by atoms with Crippen molar-refractivity contribution >= 4 is 26.8 Å². The summed E-state index contributed by atoms with van der Waals surface area (Å²) in [6, 6.07) is 6.34. The molecule has 0 saturated heterocycles. The van der Waals surface area contributed by atoms with E-state index in [1.165, 1.54) is 22.2 Å². The van der Waals surface area contributed by atoms with Crippen LogP contribution in [0.2, 0.25) is 0 Å². The average molecular weight is 267 g/mol. The second-order valence-electron chi connectivity index (χ2n) is 3.99. The van der Waals surface area contributed by atoms with Crippen LogP contribution in [0.5, 0.6) is 0 Å². The molecule has 0 aliphatic rings. The van der Waals surface area contributed by atoms with Crippen LogP contribution in [-0.4, -0.2) is 4.57 Å². The molecule has 2 rings (SSSR count). The van der Waals surface area contributed by atoms with Crippen molar-refractivity contribution in [1.82, 2.24) is 4.57 Å². The summed E-state index contributed by atoms with van der Waals surface area (Å²) in [5.41, 5.74) is 9.64. The van der Waals surface area contributed by atoms with Crippen molar-refractivity contribution in [3.63, 3.8) is 0 Å². The molecule has 15 heavy (non-hydrogen) atoms. The molecule has 0 saturated carbocycles. The van der Waals surface area contributed by atoms with E-state index in [1.54, 1.807) is 0 Å². The third kappa shape index (κ3) is 1.50. The predicted octanol–water partition coefficient (Wildman–Crippen LogP) is 3.27. The zero-order chi connectivity index (χ0) is 11.2. The van der Waals surface area contributed by atoms with Crippen molar-refractivity contribution in [2.75, 3.05) is 0 Å². The number of rotatable bonds is 1. The minimum atomic E-state index is 0.0619. The van der Waals surface area contributed by atoms with E-state index in [0.29, 0.717) is 0 Å². The maximum Gasteiger partial charge on any atom is 0.0495 e. The van der Waals surface area contributed by atoms with Crippen LogP contribution in [-0.2, 0) is 7.05 Å². The summed E-state index contributed by atoms with van der Waals surface area (Å²) in [7, 11) is 2.08. The molecule has 0 spiro atoms. The maximum absolute atomic E-state index is 5.98. The zero-order valence-electron chi connectivity index (χ0n) is 9.21. The molecule has 80 valence electrons. The number of fused-ring (bicyclic) bond motifs is 1. The maximum atomic E-state index is 5.98. The summed E-state index contributed by atoms with van der Waals surface area (Å²) in [6.45, 7) is 4.12. The highest BCUT2D eigenvalue weighted by Crippen LogP contribution is 2.34. The van der Waals surface area contributed by atoms with E-state index in [1.807, 2.05) is 6.92 Å². The number of aromatic nitrogens is 1. The molecular weight excluding hydrogens is 252 g/mol. The Balaban J connectivity index is 2.92. The predicted molar refractivity (Wildman–Crippen MR) is 68.0 cm³/mol. The number of nitrogens with zero attached hydrogens (tertiary/aromatic N) is 1. The SMILES string of the molecule is Cc1c(Br)c2c(C(C)N)cccc2n1C. The Hall–Kier alpha value is -0.800. The highest BCUT2D eigenvalue weighted by atomic mass is 79.9. The lowest BCUT2D eigenvalue weighted by Gasteiger charge is -2.07. The normalized spacial score (nSPS) is 13.4. The first kappa shape index (κ1) is 10.7. The van der Waals surface area contributed by atoms with Crippen LogP contribution < -0.4 is 5.73 Å². The Morgan fingerprint density at radius 1 is 1.40 bits per heavy atom. The largest absolute Gasteiger partial charge is 0.347 e. The van der Waals surface area contributed by atoms with E-state index < -0.39 is 0 Å². The Bertz CT molecular complexity index is 512. The van der Waals surface area contributed by atoms with E-state index in [9.17, 15) is 0 Å². The van der Waals surface area contributed by atoms with Crippen LogP contribution in [0, 0.1) is 6.92 Å². The van der Waals surface area contributed by atoms with Crippen molar-refractivity contribution in [2.24, 2.45) is 12.8 Å². The standard InChI is InChI=1S/C12H15BrN2/c1-7(14)9-5-4-6-10-11(9)12(13)8(2)15(10)3/h4-7H,14H2,1-3H3. The highest BCUT2D eigenvalue weighted by Gasteiger charge is 2.14. The highest BCUT2D eigenvalue weighted by molar-refractivity contribution is 9.10. The molecule has 1 heterocycles. The van der Waals surface area contributed by atoms with Crippen LogP contribution in [0.1, 0.15) is 24.2 Å². The van der Waals surface area contributed by atoms with Gasteiger partial charge in [-0.05, 0) is 41.4 Å². The van der Waals surface area contributed by atoms with Gasteiger partial charge in [-0.3, -0.25) is 0 Å². The molecule has 3 heteroatoms. The van der Waals surface area contributed by atoms with Crippen LogP contribution >= 0.6 is 15.9 Å². The summed E-state index contributed by atoms with van der Waals surface area (Å²) < 4.78 is 3.35. The van der Waals surface area contributed by atoms with Gasteiger partial charge in [-0.25, -0.2) is 0 Å². The summed E-state index contributed by atoms with van der Waals surface area (Å²) in [5, 5.41) is 1.24.